The van der Waals surface area contributed by atoms with E-state index in [2.05, 4.69) is 16.0 Å². The molecule has 0 spiro atoms. The first kappa shape index (κ1) is 19.6. The van der Waals surface area contributed by atoms with Crippen LogP contribution in [0.4, 0.5) is 4.39 Å². The predicted octanol–water partition coefficient (Wildman–Crippen LogP) is 2.11. The fraction of sp³-hybridized carbons (Fsp3) is 0.158. The average molecular weight is 400 g/mol. The average Bonchev–Trinajstić information content (AvgIpc) is 2.72. The lowest BCUT2D eigenvalue weighted by Gasteiger charge is -2.11. The second-order valence-corrected chi connectivity index (χ2v) is 6.81. The van der Waals surface area contributed by atoms with Gasteiger partial charge in [0.05, 0.1) is 11.1 Å². The van der Waals surface area contributed by atoms with Crippen molar-refractivity contribution in [1.29, 1.82) is 0 Å². The fourth-order valence-electron chi connectivity index (χ4n) is 2.52. The van der Waals surface area contributed by atoms with Gasteiger partial charge in [-0.3, -0.25) is 25.2 Å². The number of hydrogen-bond acceptors (Lipinski definition) is 5. The SMILES string of the molecule is CCn1nc(C(=O)NNC(=O)CSc2ccc(F)cc2)c2ccccc2c1=O. The minimum atomic E-state index is -0.626. The Balaban J connectivity index is 1.68. The number of aromatic nitrogens is 2. The van der Waals surface area contributed by atoms with Crippen molar-refractivity contribution in [2.45, 2.75) is 18.4 Å². The van der Waals surface area contributed by atoms with E-state index in [0.717, 1.165) is 4.90 Å². The maximum atomic E-state index is 12.9. The summed E-state index contributed by atoms with van der Waals surface area (Å²) in [6.07, 6.45) is 0. The largest absolute Gasteiger partial charge is 0.290 e. The van der Waals surface area contributed by atoms with Crippen molar-refractivity contribution < 1.29 is 14.0 Å². The summed E-state index contributed by atoms with van der Waals surface area (Å²) in [5.41, 5.74) is 4.40. The maximum absolute atomic E-state index is 12.9. The molecule has 2 amide bonds. The summed E-state index contributed by atoms with van der Waals surface area (Å²) in [6, 6.07) is 12.4. The van der Waals surface area contributed by atoms with Gasteiger partial charge in [0.1, 0.15) is 5.82 Å². The highest BCUT2D eigenvalue weighted by Gasteiger charge is 2.16. The Kier molecular flexibility index (Phi) is 6.05. The predicted molar refractivity (Wildman–Crippen MR) is 104 cm³/mol. The highest BCUT2D eigenvalue weighted by atomic mass is 32.2. The van der Waals surface area contributed by atoms with Gasteiger partial charge < -0.3 is 0 Å². The Morgan fingerprint density at radius 1 is 1.07 bits per heavy atom. The Morgan fingerprint density at radius 3 is 2.43 bits per heavy atom. The normalized spacial score (nSPS) is 10.6. The standard InChI is InChI=1S/C19H17FN4O3S/c1-2-24-19(27)15-6-4-3-5-14(15)17(23-24)18(26)22-21-16(25)11-28-13-9-7-12(20)8-10-13/h3-10H,2,11H2,1H3,(H,21,25)(H,22,26). The number of aryl methyl sites for hydroxylation is 1. The van der Waals surface area contributed by atoms with Gasteiger partial charge in [-0.05, 0) is 37.3 Å². The molecule has 2 N–H and O–H groups in total. The number of carbonyl (C=O) groups excluding carboxylic acids is 2. The molecule has 9 heteroatoms. The Labute approximate surface area is 163 Å². The molecule has 0 radical (unpaired) electrons. The lowest BCUT2D eigenvalue weighted by Crippen LogP contribution is -2.43. The molecule has 0 bridgehead atoms. The monoisotopic (exact) mass is 400 g/mol. The molecule has 0 aliphatic carbocycles. The van der Waals surface area contributed by atoms with Crippen molar-refractivity contribution in [3.63, 3.8) is 0 Å². The van der Waals surface area contributed by atoms with Gasteiger partial charge in [-0.2, -0.15) is 5.10 Å². The molecular formula is C19H17FN4O3S. The second kappa shape index (κ2) is 8.66. The molecule has 0 saturated carbocycles. The van der Waals surface area contributed by atoms with Crippen molar-refractivity contribution in [3.05, 3.63) is 70.4 Å². The molecule has 3 aromatic rings. The van der Waals surface area contributed by atoms with E-state index in [-0.39, 0.29) is 22.8 Å². The van der Waals surface area contributed by atoms with E-state index in [4.69, 9.17) is 0 Å². The number of thioether (sulfide) groups is 1. The van der Waals surface area contributed by atoms with Crippen LogP contribution in [0.2, 0.25) is 0 Å². The molecule has 0 unspecified atom stereocenters. The van der Waals surface area contributed by atoms with Crippen LogP contribution < -0.4 is 16.4 Å². The van der Waals surface area contributed by atoms with E-state index >= 15 is 0 Å². The van der Waals surface area contributed by atoms with E-state index in [1.165, 1.54) is 28.6 Å². The quantitative estimate of drug-likeness (QED) is 0.505. The molecule has 2 aromatic carbocycles. The van der Waals surface area contributed by atoms with Crippen LogP contribution >= 0.6 is 11.8 Å². The van der Waals surface area contributed by atoms with E-state index in [1.807, 2.05) is 0 Å². The van der Waals surface area contributed by atoms with Crippen molar-refractivity contribution >= 4 is 34.3 Å². The summed E-state index contributed by atoms with van der Waals surface area (Å²) in [5.74, 6) is -1.38. The van der Waals surface area contributed by atoms with E-state index in [9.17, 15) is 18.8 Å². The molecule has 1 aromatic heterocycles. The minimum Gasteiger partial charge on any atom is -0.272 e. The van der Waals surface area contributed by atoms with Gasteiger partial charge in [-0.25, -0.2) is 9.07 Å². The third-order valence-corrected chi connectivity index (χ3v) is 4.89. The number of hydrazine groups is 1. The number of halogens is 1. The van der Waals surface area contributed by atoms with Crippen molar-refractivity contribution in [1.82, 2.24) is 20.6 Å². The molecule has 0 aliphatic rings. The van der Waals surface area contributed by atoms with Crippen LogP contribution in [0.5, 0.6) is 0 Å². The van der Waals surface area contributed by atoms with Crippen LogP contribution in [-0.4, -0.2) is 27.3 Å². The molecule has 3 rings (SSSR count). The third-order valence-electron chi connectivity index (χ3n) is 3.88. The number of benzene rings is 2. The number of amides is 2. The molecule has 1 heterocycles. The Bertz CT molecular complexity index is 1080. The lowest BCUT2D eigenvalue weighted by atomic mass is 10.1. The summed E-state index contributed by atoms with van der Waals surface area (Å²) in [7, 11) is 0. The van der Waals surface area contributed by atoms with E-state index < -0.39 is 11.8 Å². The minimum absolute atomic E-state index is 0.0363. The molecule has 0 saturated heterocycles. The van der Waals surface area contributed by atoms with E-state index in [0.29, 0.717) is 17.3 Å². The molecule has 28 heavy (non-hydrogen) atoms. The van der Waals surface area contributed by atoms with Gasteiger partial charge in [-0.15, -0.1) is 11.8 Å². The first-order valence-corrected chi connectivity index (χ1v) is 9.45. The number of carbonyl (C=O) groups is 2. The van der Waals surface area contributed by atoms with Crippen LogP contribution in [-0.2, 0) is 11.3 Å². The van der Waals surface area contributed by atoms with Crippen molar-refractivity contribution in [2.24, 2.45) is 0 Å². The number of nitrogens with one attached hydrogen (secondary N) is 2. The van der Waals surface area contributed by atoms with Gasteiger partial charge in [0.25, 0.3) is 11.5 Å². The lowest BCUT2D eigenvalue weighted by molar-refractivity contribution is -0.119. The zero-order valence-corrected chi connectivity index (χ0v) is 15.8. The number of nitrogens with zero attached hydrogens (tertiary/aromatic N) is 2. The Hall–Kier alpha value is -3.20. The molecule has 0 aliphatic heterocycles. The van der Waals surface area contributed by atoms with Gasteiger partial charge in [0, 0.05) is 16.8 Å². The van der Waals surface area contributed by atoms with Gasteiger partial charge in [0.2, 0.25) is 5.91 Å². The van der Waals surface area contributed by atoms with Crippen LogP contribution in [0.1, 0.15) is 17.4 Å². The van der Waals surface area contributed by atoms with Crippen molar-refractivity contribution in [2.75, 3.05) is 5.75 Å². The number of hydrogen-bond donors (Lipinski definition) is 2. The van der Waals surface area contributed by atoms with Crippen LogP contribution in [0, 0.1) is 5.82 Å². The Morgan fingerprint density at radius 2 is 1.75 bits per heavy atom. The first-order valence-electron chi connectivity index (χ1n) is 8.47. The van der Waals surface area contributed by atoms with Crippen molar-refractivity contribution in [3.8, 4) is 0 Å². The summed E-state index contributed by atoms with van der Waals surface area (Å²) in [5, 5.41) is 4.88. The number of fused-ring (bicyclic) bond motifs is 1. The molecule has 144 valence electrons. The maximum Gasteiger partial charge on any atom is 0.290 e. The topological polar surface area (TPSA) is 93.1 Å². The summed E-state index contributed by atoms with van der Waals surface area (Å²) in [6.45, 7) is 2.06. The van der Waals surface area contributed by atoms with E-state index in [1.54, 1.807) is 43.3 Å². The van der Waals surface area contributed by atoms with Gasteiger partial charge >= 0.3 is 0 Å². The second-order valence-electron chi connectivity index (χ2n) is 5.76. The summed E-state index contributed by atoms with van der Waals surface area (Å²) < 4.78 is 14.1. The van der Waals surface area contributed by atoms with Crippen LogP contribution in [0.25, 0.3) is 10.8 Å². The molecule has 7 nitrogen and oxygen atoms in total. The fourth-order valence-corrected chi connectivity index (χ4v) is 3.22. The van der Waals surface area contributed by atoms with Gasteiger partial charge in [0.15, 0.2) is 5.69 Å². The zero-order chi connectivity index (χ0) is 20.1. The molecular weight excluding hydrogens is 383 g/mol. The highest BCUT2D eigenvalue weighted by Crippen LogP contribution is 2.17. The molecule has 0 fully saturated rings. The number of rotatable bonds is 5. The smallest absolute Gasteiger partial charge is 0.272 e. The van der Waals surface area contributed by atoms with Gasteiger partial charge in [-0.1, -0.05) is 18.2 Å². The van der Waals surface area contributed by atoms with Crippen LogP contribution in [0.3, 0.4) is 0 Å². The molecule has 0 atom stereocenters. The highest BCUT2D eigenvalue weighted by molar-refractivity contribution is 8.00. The summed E-state index contributed by atoms with van der Waals surface area (Å²) in [4.78, 5) is 37.5. The zero-order valence-electron chi connectivity index (χ0n) is 14.9. The summed E-state index contributed by atoms with van der Waals surface area (Å²) >= 11 is 1.20. The third kappa shape index (κ3) is 4.37. The first-order chi connectivity index (χ1) is 13.5. The van der Waals surface area contributed by atoms with Crippen LogP contribution in [0.15, 0.2) is 58.2 Å².